The van der Waals surface area contributed by atoms with Crippen molar-refractivity contribution in [2.75, 3.05) is 20.2 Å². The molecule has 3 rings (SSSR count). The summed E-state index contributed by atoms with van der Waals surface area (Å²) in [7, 11) is 1.35. The molecule has 0 atom stereocenters. The van der Waals surface area contributed by atoms with Crippen LogP contribution in [0.1, 0.15) is 50.6 Å². The zero-order valence-corrected chi connectivity index (χ0v) is 15.9. The van der Waals surface area contributed by atoms with Gasteiger partial charge in [0.1, 0.15) is 0 Å². The molecule has 1 saturated heterocycles. The number of likely N-dealkylation sites (tertiary alicyclic amines) is 1. The number of carbonyl (C=O) groups excluding carboxylic acids is 2. The quantitative estimate of drug-likeness (QED) is 0.457. The Balaban J connectivity index is 1.65. The highest BCUT2D eigenvalue weighted by Gasteiger charge is 2.26. The van der Waals surface area contributed by atoms with Crippen molar-refractivity contribution in [1.29, 1.82) is 0 Å². The Bertz CT molecular complexity index is 900. The lowest BCUT2D eigenvalue weighted by Gasteiger charge is -2.32. The van der Waals surface area contributed by atoms with Crippen LogP contribution in [0, 0.1) is 17.0 Å². The first-order chi connectivity index (χ1) is 13.4. The van der Waals surface area contributed by atoms with Gasteiger partial charge in [0.25, 0.3) is 11.6 Å². The molecule has 1 heterocycles. The molecular weight excluding hydrogens is 360 g/mol. The molecule has 1 aliphatic rings. The van der Waals surface area contributed by atoms with E-state index in [9.17, 15) is 19.7 Å². The first-order valence-corrected chi connectivity index (χ1v) is 9.13. The molecule has 28 heavy (non-hydrogen) atoms. The number of aryl methyl sites for hydroxylation is 1. The van der Waals surface area contributed by atoms with Crippen LogP contribution in [0.25, 0.3) is 0 Å². The summed E-state index contributed by atoms with van der Waals surface area (Å²) in [4.78, 5) is 36.7. The summed E-state index contributed by atoms with van der Waals surface area (Å²) in [6.45, 7) is 2.83. The van der Waals surface area contributed by atoms with Gasteiger partial charge < -0.3 is 9.64 Å². The molecule has 0 aromatic heterocycles. The summed E-state index contributed by atoms with van der Waals surface area (Å²) in [6, 6.07) is 12.0. The lowest BCUT2D eigenvalue weighted by Crippen LogP contribution is -2.37. The monoisotopic (exact) mass is 382 g/mol. The van der Waals surface area contributed by atoms with Crippen molar-refractivity contribution in [3.05, 3.63) is 74.8 Å². The van der Waals surface area contributed by atoms with Crippen LogP contribution in [0.2, 0.25) is 0 Å². The van der Waals surface area contributed by atoms with Gasteiger partial charge in [0, 0.05) is 30.3 Å². The summed E-state index contributed by atoms with van der Waals surface area (Å²) < 4.78 is 4.71. The van der Waals surface area contributed by atoms with Gasteiger partial charge >= 0.3 is 5.97 Å². The van der Waals surface area contributed by atoms with E-state index in [1.165, 1.54) is 13.2 Å². The lowest BCUT2D eigenvalue weighted by atomic mass is 9.88. The zero-order chi connectivity index (χ0) is 20.3. The van der Waals surface area contributed by atoms with E-state index in [4.69, 9.17) is 4.74 Å². The molecule has 0 unspecified atom stereocenters. The number of rotatable bonds is 4. The second kappa shape index (κ2) is 8.21. The van der Waals surface area contributed by atoms with Crippen LogP contribution in [0.15, 0.2) is 42.5 Å². The van der Waals surface area contributed by atoms with E-state index in [-0.39, 0.29) is 17.6 Å². The molecule has 0 spiro atoms. The molecule has 0 N–H and O–H groups in total. The first-order valence-electron chi connectivity index (χ1n) is 9.13. The zero-order valence-electron chi connectivity index (χ0n) is 15.9. The van der Waals surface area contributed by atoms with E-state index < -0.39 is 4.92 Å². The van der Waals surface area contributed by atoms with Crippen LogP contribution >= 0.6 is 0 Å². The van der Waals surface area contributed by atoms with Crippen molar-refractivity contribution >= 4 is 17.6 Å². The Hall–Kier alpha value is -3.22. The standard InChI is InChI=1S/C21H22N2O5/c1-14-3-4-18(13-19(14)23(26)27)20(24)22-11-9-16(10-12-22)15-5-7-17(8-6-15)21(25)28-2/h3-8,13,16H,9-12H2,1-2H3. The molecule has 1 amide bonds. The summed E-state index contributed by atoms with van der Waals surface area (Å²) in [6.07, 6.45) is 1.61. The maximum atomic E-state index is 12.7. The van der Waals surface area contributed by atoms with Gasteiger partial charge in [-0.15, -0.1) is 0 Å². The van der Waals surface area contributed by atoms with Gasteiger partial charge in [-0.25, -0.2) is 4.79 Å². The number of methoxy groups -OCH3 is 1. The average Bonchev–Trinajstić information content (AvgIpc) is 2.73. The third kappa shape index (κ3) is 4.03. The van der Waals surface area contributed by atoms with Crippen molar-refractivity contribution in [2.45, 2.75) is 25.7 Å². The summed E-state index contributed by atoms with van der Waals surface area (Å²) >= 11 is 0. The van der Waals surface area contributed by atoms with Crippen molar-refractivity contribution in [2.24, 2.45) is 0 Å². The van der Waals surface area contributed by atoms with E-state index in [1.54, 1.807) is 36.1 Å². The highest BCUT2D eigenvalue weighted by atomic mass is 16.6. The van der Waals surface area contributed by atoms with E-state index in [0.717, 1.165) is 18.4 Å². The number of nitro benzene ring substituents is 1. The Morgan fingerprint density at radius 3 is 2.25 bits per heavy atom. The van der Waals surface area contributed by atoms with Gasteiger partial charge in [-0.3, -0.25) is 14.9 Å². The third-order valence-corrected chi connectivity index (χ3v) is 5.24. The molecule has 2 aromatic carbocycles. The second-order valence-corrected chi connectivity index (χ2v) is 6.94. The number of carbonyl (C=O) groups is 2. The average molecular weight is 382 g/mol. The maximum Gasteiger partial charge on any atom is 0.337 e. The Kier molecular flexibility index (Phi) is 5.73. The number of piperidine rings is 1. The predicted octanol–water partition coefficient (Wildman–Crippen LogP) is 3.71. The topological polar surface area (TPSA) is 89.8 Å². The van der Waals surface area contributed by atoms with Crippen LogP contribution in [-0.4, -0.2) is 41.9 Å². The fourth-order valence-electron chi connectivity index (χ4n) is 3.55. The van der Waals surface area contributed by atoms with Crippen LogP contribution in [0.3, 0.4) is 0 Å². The number of amides is 1. The first kappa shape index (κ1) is 19.5. The smallest absolute Gasteiger partial charge is 0.337 e. The third-order valence-electron chi connectivity index (χ3n) is 5.24. The number of nitrogens with zero attached hydrogens (tertiary/aromatic N) is 2. The Labute approximate surface area is 163 Å². The van der Waals surface area contributed by atoms with Crippen LogP contribution in [0.4, 0.5) is 5.69 Å². The number of ether oxygens (including phenoxy) is 1. The van der Waals surface area contributed by atoms with Crippen molar-refractivity contribution in [3.8, 4) is 0 Å². The van der Waals surface area contributed by atoms with Crippen molar-refractivity contribution in [3.63, 3.8) is 0 Å². The van der Waals surface area contributed by atoms with Gasteiger partial charge in [-0.2, -0.15) is 0 Å². The molecule has 2 aromatic rings. The molecule has 0 radical (unpaired) electrons. The second-order valence-electron chi connectivity index (χ2n) is 6.94. The lowest BCUT2D eigenvalue weighted by molar-refractivity contribution is -0.385. The van der Waals surface area contributed by atoms with E-state index in [2.05, 4.69) is 0 Å². The highest BCUT2D eigenvalue weighted by molar-refractivity contribution is 5.95. The van der Waals surface area contributed by atoms with Gasteiger partial charge in [0.05, 0.1) is 17.6 Å². The number of hydrogen-bond donors (Lipinski definition) is 0. The molecule has 0 saturated carbocycles. The Morgan fingerprint density at radius 2 is 1.68 bits per heavy atom. The number of hydrogen-bond acceptors (Lipinski definition) is 5. The number of esters is 1. The molecule has 7 heteroatoms. The van der Waals surface area contributed by atoms with E-state index in [1.807, 2.05) is 12.1 Å². The number of benzene rings is 2. The molecular formula is C21H22N2O5. The summed E-state index contributed by atoms with van der Waals surface area (Å²) in [5, 5.41) is 11.1. The normalized spacial score (nSPS) is 14.6. The van der Waals surface area contributed by atoms with Gasteiger partial charge in [0.15, 0.2) is 0 Å². The van der Waals surface area contributed by atoms with Gasteiger partial charge in [0.2, 0.25) is 0 Å². The number of nitro groups is 1. The van der Waals surface area contributed by atoms with E-state index in [0.29, 0.717) is 35.7 Å². The predicted molar refractivity (Wildman–Crippen MR) is 103 cm³/mol. The van der Waals surface area contributed by atoms with Gasteiger partial charge in [-0.1, -0.05) is 18.2 Å². The van der Waals surface area contributed by atoms with Crippen LogP contribution in [-0.2, 0) is 4.74 Å². The van der Waals surface area contributed by atoms with Crippen LogP contribution < -0.4 is 0 Å². The van der Waals surface area contributed by atoms with Crippen LogP contribution in [0.5, 0.6) is 0 Å². The molecule has 7 nitrogen and oxygen atoms in total. The molecule has 1 fully saturated rings. The maximum absolute atomic E-state index is 12.7. The SMILES string of the molecule is COC(=O)c1ccc(C2CCN(C(=O)c3ccc(C)c([N+](=O)[O-])c3)CC2)cc1. The minimum Gasteiger partial charge on any atom is -0.465 e. The fraction of sp³-hybridized carbons (Fsp3) is 0.333. The van der Waals surface area contributed by atoms with Crippen molar-refractivity contribution in [1.82, 2.24) is 4.90 Å². The Morgan fingerprint density at radius 1 is 1.07 bits per heavy atom. The minimum atomic E-state index is -0.462. The van der Waals surface area contributed by atoms with Crippen molar-refractivity contribution < 1.29 is 19.2 Å². The molecule has 1 aliphatic heterocycles. The highest BCUT2D eigenvalue weighted by Crippen LogP contribution is 2.29. The molecule has 146 valence electrons. The summed E-state index contributed by atoms with van der Waals surface area (Å²) in [5.74, 6) is -0.232. The fourth-order valence-corrected chi connectivity index (χ4v) is 3.55. The van der Waals surface area contributed by atoms with Gasteiger partial charge in [-0.05, 0) is 49.4 Å². The minimum absolute atomic E-state index is 0.0357. The molecule has 0 aliphatic carbocycles. The van der Waals surface area contributed by atoms with E-state index >= 15 is 0 Å². The largest absolute Gasteiger partial charge is 0.465 e. The molecule has 0 bridgehead atoms. The summed E-state index contributed by atoms with van der Waals surface area (Å²) in [5.41, 5.74) is 2.49.